The van der Waals surface area contributed by atoms with E-state index in [1.54, 1.807) is 25.1 Å². The highest BCUT2D eigenvalue weighted by Crippen LogP contribution is 2.31. The van der Waals surface area contributed by atoms with Gasteiger partial charge in [0, 0.05) is 24.1 Å². The standard InChI is InChI=1S/C23H21FN4O6S2/c1-14-3-6-19(15(2)11-14)27-36(33,34)23-13-17(28(29)30)5-7-21(23)26-25-20-9-10-35(31,32)22-8-4-16(24)12-18(20)22/h3-8,11-13,26-27H,9-10H2,1-2H3. The van der Waals surface area contributed by atoms with Crippen molar-refractivity contribution < 1.29 is 26.1 Å². The predicted molar refractivity (Wildman–Crippen MR) is 133 cm³/mol. The summed E-state index contributed by atoms with van der Waals surface area (Å²) in [5, 5.41) is 15.5. The molecule has 1 heterocycles. The van der Waals surface area contributed by atoms with Crippen LogP contribution in [-0.2, 0) is 19.9 Å². The lowest BCUT2D eigenvalue weighted by atomic mass is 10.1. The quantitative estimate of drug-likeness (QED) is 0.275. The Labute approximate surface area is 207 Å². The lowest BCUT2D eigenvalue weighted by molar-refractivity contribution is -0.385. The van der Waals surface area contributed by atoms with Crippen LogP contribution in [-0.4, -0.2) is 33.2 Å². The van der Waals surface area contributed by atoms with Gasteiger partial charge >= 0.3 is 0 Å². The van der Waals surface area contributed by atoms with Crippen molar-refractivity contribution >= 4 is 42.6 Å². The number of benzene rings is 3. The molecule has 2 N–H and O–H groups in total. The second-order valence-corrected chi connectivity index (χ2v) is 12.0. The van der Waals surface area contributed by atoms with E-state index < -0.39 is 41.2 Å². The van der Waals surface area contributed by atoms with Crippen LogP contribution in [0.15, 0.2) is 69.5 Å². The van der Waals surface area contributed by atoms with E-state index in [0.29, 0.717) is 11.3 Å². The van der Waals surface area contributed by atoms with Crippen molar-refractivity contribution in [2.24, 2.45) is 5.10 Å². The van der Waals surface area contributed by atoms with E-state index in [-0.39, 0.29) is 34.0 Å². The number of hydrogen-bond donors (Lipinski definition) is 2. The van der Waals surface area contributed by atoms with Gasteiger partial charge in [-0.2, -0.15) is 5.10 Å². The van der Waals surface area contributed by atoms with Crippen LogP contribution in [0.25, 0.3) is 0 Å². The van der Waals surface area contributed by atoms with E-state index in [9.17, 15) is 31.3 Å². The number of nitrogens with zero attached hydrogens (tertiary/aromatic N) is 2. The zero-order chi connectivity index (χ0) is 26.3. The van der Waals surface area contributed by atoms with Gasteiger partial charge in [-0.25, -0.2) is 21.2 Å². The van der Waals surface area contributed by atoms with Gasteiger partial charge in [-0.15, -0.1) is 0 Å². The summed E-state index contributed by atoms with van der Waals surface area (Å²) >= 11 is 0. The van der Waals surface area contributed by atoms with Crippen LogP contribution in [0.4, 0.5) is 21.5 Å². The Bertz CT molecular complexity index is 1640. The lowest BCUT2D eigenvalue weighted by Crippen LogP contribution is -2.23. The zero-order valence-electron chi connectivity index (χ0n) is 19.1. The average molecular weight is 533 g/mol. The average Bonchev–Trinajstić information content (AvgIpc) is 2.80. The van der Waals surface area contributed by atoms with E-state index in [2.05, 4.69) is 15.2 Å². The molecule has 0 aromatic heterocycles. The summed E-state index contributed by atoms with van der Waals surface area (Å²) in [5.41, 5.74) is 4.18. The molecule has 0 saturated carbocycles. The van der Waals surface area contributed by atoms with Crippen LogP contribution in [0, 0.1) is 29.8 Å². The number of anilines is 2. The van der Waals surface area contributed by atoms with E-state index in [0.717, 1.165) is 35.9 Å². The van der Waals surface area contributed by atoms with Crippen molar-refractivity contribution in [1.29, 1.82) is 0 Å². The number of halogens is 1. The minimum Gasteiger partial charge on any atom is -0.279 e. The molecule has 3 aromatic carbocycles. The molecule has 10 nitrogen and oxygen atoms in total. The van der Waals surface area contributed by atoms with E-state index in [4.69, 9.17) is 0 Å². The number of hydrogen-bond acceptors (Lipinski definition) is 8. The number of rotatable bonds is 6. The SMILES string of the molecule is Cc1ccc(NS(=O)(=O)c2cc([N+](=O)[O-])ccc2NN=C2CCS(=O)(=O)c3ccc(F)cc32)c(C)c1. The number of fused-ring (bicyclic) bond motifs is 1. The van der Waals surface area contributed by atoms with Crippen LogP contribution in [0.2, 0.25) is 0 Å². The summed E-state index contributed by atoms with van der Waals surface area (Å²) in [7, 11) is -7.94. The molecule has 0 aliphatic carbocycles. The number of sulfone groups is 1. The fraction of sp³-hybridized carbons (Fsp3) is 0.174. The van der Waals surface area contributed by atoms with Gasteiger partial charge < -0.3 is 0 Å². The lowest BCUT2D eigenvalue weighted by Gasteiger charge is -2.19. The van der Waals surface area contributed by atoms with Crippen molar-refractivity contribution in [1.82, 2.24) is 0 Å². The molecule has 0 spiro atoms. The highest BCUT2D eigenvalue weighted by Gasteiger charge is 2.29. The van der Waals surface area contributed by atoms with Gasteiger partial charge in [0.25, 0.3) is 15.7 Å². The summed E-state index contributed by atoms with van der Waals surface area (Å²) in [5.74, 6) is -0.916. The zero-order valence-corrected chi connectivity index (χ0v) is 20.8. The van der Waals surface area contributed by atoms with E-state index in [1.807, 2.05) is 6.92 Å². The minimum atomic E-state index is -4.32. The van der Waals surface area contributed by atoms with Crippen molar-refractivity contribution in [2.45, 2.75) is 30.1 Å². The minimum absolute atomic E-state index is 0.0400. The number of sulfonamides is 1. The van der Waals surface area contributed by atoms with Gasteiger partial charge in [0.05, 0.1) is 32.7 Å². The first-order chi connectivity index (χ1) is 16.9. The maximum atomic E-state index is 13.9. The maximum Gasteiger partial charge on any atom is 0.270 e. The van der Waals surface area contributed by atoms with Crippen LogP contribution in [0.3, 0.4) is 0 Å². The van der Waals surface area contributed by atoms with Gasteiger partial charge in [-0.05, 0) is 49.7 Å². The molecule has 1 aliphatic heterocycles. The van der Waals surface area contributed by atoms with E-state index >= 15 is 0 Å². The fourth-order valence-electron chi connectivity index (χ4n) is 3.79. The van der Waals surface area contributed by atoms with Crippen LogP contribution >= 0.6 is 0 Å². The molecule has 13 heteroatoms. The Morgan fingerprint density at radius 3 is 2.44 bits per heavy atom. The van der Waals surface area contributed by atoms with Gasteiger partial charge in [-0.1, -0.05) is 17.7 Å². The molecule has 0 bridgehead atoms. The number of aryl methyl sites for hydroxylation is 2. The van der Waals surface area contributed by atoms with Crippen LogP contribution in [0.1, 0.15) is 23.1 Å². The molecule has 0 atom stereocenters. The molecule has 0 amide bonds. The van der Waals surface area contributed by atoms with Crippen molar-refractivity contribution in [3.63, 3.8) is 0 Å². The topological polar surface area (TPSA) is 148 Å². The Balaban J connectivity index is 1.76. The third-order valence-corrected chi connectivity index (χ3v) is 8.77. The monoisotopic (exact) mass is 532 g/mol. The van der Waals surface area contributed by atoms with Gasteiger partial charge in [0.1, 0.15) is 10.7 Å². The molecule has 0 radical (unpaired) electrons. The van der Waals surface area contributed by atoms with Crippen LogP contribution in [0.5, 0.6) is 0 Å². The Morgan fingerprint density at radius 1 is 1.03 bits per heavy atom. The summed E-state index contributed by atoms with van der Waals surface area (Å²) in [6, 6.07) is 11.5. The number of nitrogens with one attached hydrogen (secondary N) is 2. The molecule has 3 aromatic rings. The number of non-ortho nitro benzene ring substituents is 1. The third-order valence-electron chi connectivity index (χ3n) is 5.60. The summed E-state index contributed by atoms with van der Waals surface area (Å²) in [6.45, 7) is 3.57. The molecular formula is C23H21FN4O6S2. The first kappa shape index (κ1) is 25.3. The largest absolute Gasteiger partial charge is 0.279 e. The number of nitro benzene ring substituents is 1. The molecular weight excluding hydrogens is 511 g/mol. The molecule has 0 saturated heterocycles. The molecule has 36 heavy (non-hydrogen) atoms. The number of nitro groups is 1. The molecule has 0 fully saturated rings. The smallest absolute Gasteiger partial charge is 0.270 e. The molecule has 0 unspecified atom stereocenters. The summed E-state index contributed by atoms with van der Waals surface area (Å²) in [4.78, 5) is 10.1. The molecule has 4 rings (SSSR count). The highest BCUT2D eigenvalue weighted by atomic mass is 32.2. The normalized spacial score (nSPS) is 15.8. The summed E-state index contributed by atoms with van der Waals surface area (Å²) in [6.07, 6.45) is -0.0400. The Kier molecular flexibility index (Phi) is 6.54. The Morgan fingerprint density at radius 2 is 1.75 bits per heavy atom. The third kappa shape index (κ3) is 5.06. The van der Waals surface area contributed by atoms with Crippen LogP contribution < -0.4 is 10.1 Å². The first-order valence-electron chi connectivity index (χ1n) is 10.6. The summed E-state index contributed by atoms with van der Waals surface area (Å²) < 4.78 is 67.6. The Hall–Kier alpha value is -3.84. The van der Waals surface area contributed by atoms with Crippen molar-refractivity contribution in [3.05, 3.63) is 87.2 Å². The molecule has 188 valence electrons. The van der Waals surface area contributed by atoms with E-state index in [1.165, 1.54) is 6.07 Å². The first-order valence-corrected chi connectivity index (χ1v) is 13.7. The fourth-order valence-corrected chi connectivity index (χ4v) is 6.56. The predicted octanol–water partition coefficient (Wildman–Crippen LogP) is 4.15. The van der Waals surface area contributed by atoms with Crippen molar-refractivity contribution in [2.75, 3.05) is 15.9 Å². The van der Waals surface area contributed by atoms with Crippen molar-refractivity contribution in [3.8, 4) is 0 Å². The highest BCUT2D eigenvalue weighted by molar-refractivity contribution is 7.93. The van der Waals surface area contributed by atoms with Gasteiger partial charge in [0.15, 0.2) is 9.84 Å². The maximum absolute atomic E-state index is 13.9. The van der Waals surface area contributed by atoms with Gasteiger partial charge in [-0.3, -0.25) is 20.3 Å². The molecule has 1 aliphatic rings. The second kappa shape index (κ2) is 9.32. The second-order valence-electron chi connectivity index (χ2n) is 8.24. The van der Waals surface area contributed by atoms with Gasteiger partial charge in [0.2, 0.25) is 0 Å². The number of hydrazone groups is 1.